The highest BCUT2D eigenvalue weighted by Gasteiger charge is 2.00. The molecule has 0 radical (unpaired) electrons. The summed E-state index contributed by atoms with van der Waals surface area (Å²) in [5.74, 6) is 0.801. The van der Waals surface area contributed by atoms with Crippen LogP contribution in [0.25, 0.3) is 0 Å². The fourth-order valence-electron chi connectivity index (χ4n) is 1.54. The normalized spacial score (nSPS) is 9.88. The standard InChI is InChI=1S/C11H18N2O3.C5H6N2O/c1-14-4-5-15-6-7-16-11-8-9(12)2-3-10(11)13;6-5-4(8)2-1-3-7-5/h2-3,8H,4-7,12-13H2,1H3;1-3,8H,(H2,6,7). The van der Waals surface area contributed by atoms with E-state index in [1.54, 1.807) is 31.4 Å². The van der Waals surface area contributed by atoms with E-state index in [2.05, 4.69) is 4.98 Å². The molecule has 0 saturated carbocycles. The first kappa shape index (κ1) is 19.3. The lowest BCUT2D eigenvalue weighted by Crippen LogP contribution is -2.10. The maximum atomic E-state index is 8.73. The molecule has 1 aromatic carbocycles. The summed E-state index contributed by atoms with van der Waals surface area (Å²) < 4.78 is 15.5. The number of nitrogen functional groups attached to an aromatic ring is 3. The summed E-state index contributed by atoms with van der Waals surface area (Å²) in [5, 5.41) is 8.73. The molecule has 0 unspecified atom stereocenters. The van der Waals surface area contributed by atoms with Crippen molar-refractivity contribution in [1.82, 2.24) is 4.98 Å². The first-order chi connectivity index (χ1) is 11.5. The van der Waals surface area contributed by atoms with Crippen molar-refractivity contribution in [2.24, 2.45) is 0 Å². The van der Waals surface area contributed by atoms with Crippen LogP contribution in [0.2, 0.25) is 0 Å². The van der Waals surface area contributed by atoms with Gasteiger partial charge in [0, 0.05) is 25.1 Å². The second-order valence-electron chi connectivity index (χ2n) is 4.66. The molecule has 132 valence electrons. The Hall–Kier alpha value is -2.71. The predicted octanol–water partition coefficient (Wildman–Crippen LogP) is 1.26. The van der Waals surface area contributed by atoms with Crippen molar-refractivity contribution in [3.8, 4) is 11.5 Å². The molecule has 2 aromatic rings. The molecule has 0 amide bonds. The Morgan fingerprint density at radius 3 is 2.42 bits per heavy atom. The van der Waals surface area contributed by atoms with Gasteiger partial charge < -0.3 is 36.5 Å². The molecule has 0 bridgehead atoms. The topological polar surface area (TPSA) is 139 Å². The fraction of sp³-hybridized carbons (Fsp3) is 0.312. The van der Waals surface area contributed by atoms with Crippen molar-refractivity contribution in [1.29, 1.82) is 0 Å². The maximum Gasteiger partial charge on any atom is 0.165 e. The van der Waals surface area contributed by atoms with E-state index in [0.717, 1.165) is 0 Å². The second-order valence-corrected chi connectivity index (χ2v) is 4.66. The van der Waals surface area contributed by atoms with E-state index in [1.165, 1.54) is 12.3 Å². The van der Waals surface area contributed by atoms with Crippen LogP contribution in [0.3, 0.4) is 0 Å². The number of aromatic hydroxyl groups is 1. The number of benzene rings is 1. The zero-order valence-corrected chi connectivity index (χ0v) is 13.6. The third kappa shape index (κ3) is 7.52. The van der Waals surface area contributed by atoms with Gasteiger partial charge in [0.15, 0.2) is 11.6 Å². The summed E-state index contributed by atoms with van der Waals surface area (Å²) in [7, 11) is 1.63. The summed E-state index contributed by atoms with van der Waals surface area (Å²) in [6, 6.07) is 8.26. The molecule has 8 heteroatoms. The molecule has 0 spiro atoms. The van der Waals surface area contributed by atoms with E-state index in [0.29, 0.717) is 43.6 Å². The van der Waals surface area contributed by atoms with Crippen LogP contribution in [-0.2, 0) is 9.47 Å². The molecule has 0 saturated heterocycles. The molecule has 0 aliphatic rings. The average Bonchev–Trinajstić information content (AvgIpc) is 2.57. The van der Waals surface area contributed by atoms with E-state index >= 15 is 0 Å². The van der Waals surface area contributed by atoms with Crippen molar-refractivity contribution < 1.29 is 19.3 Å². The monoisotopic (exact) mass is 336 g/mol. The highest BCUT2D eigenvalue weighted by atomic mass is 16.5. The number of ether oxygens (including phenoxy) is 3. The molecule has 1 heterocycles. The zero-order valence-electron chi connectivity index (χ0n) is 13.6. The molecule has 1 aromatic heterocycles. The highest BCUT2D eigenvalue weighted by molar-refractivity contribution is 5.59. The molecule has 8 nitrogen and oxygen atoms in total. The van der Waals surface area contributed by atoms with Gasteiger partial charge in [-0.3, -0.25) is 0 Å². The number of pyridine rings is 1. The van der Waals surface area contributed by atoms with Gasteiger partial charge in [-0.15, -0.1) is 0 Å². The summed E-state index contributed by atoms with van der Waals surface area (Å²) in [4.78, 5) is 3.61. The minimum absolute atomic E-state index is 0.0347. The van der Waals surface area contributed by atoms with E-state index in [-0.39, 0.29) is 11.6 Å². The Morgan fingerprint density at radius 2 is 1.79 bits per heavy atom. The fourth-order valence-corrected chi connectivity index (χ4v) is 1.54. The SMILES string of the molecule is COCCOCCOc1cc(N)ccc1N.Nc1ncccc1O. The smallest absolute Gasteiger partial charge is 0.165 e. The second kappa shape index (κ2) is 10.9. The van der Waals surface area contributed by atoms with Crippen molar-refractivity contribution in [2.45, 2.75) is 0 Å². The quantitative estimate of drug-likeness (QED) is 0.438. The number of hydrogen-bond donors (Lipinski definition) is 4. The van der Waals surface area contributed by atoms with Crippen LogP contribution in [0.1, 0.15) is 0 Å². The van der Waals surface area contributed by atoms with Crippen molar-refractivity contribution in [2.75, 3.05) is 50.7 Å². The lowest BCUT2D eigenvalue weighted by molar-refractivity contribution is 0.0545. The van der Waals surface area contributed by atoms with Gasteiger partial charge >= 0.3 is 0 Å². The lowest BCUT2D eigenvalue weighted by atomic mass is 10.2. The van der Waals surface area contributed by atoms with E-state index < -0.39 is 0 Å². The Labute approximate surface area is 141 Å². The molecule has 2 rings (SSSR count). The molecule has 0 aliphatic heterocycles. The van der Waals surface area contributed by atoms with Crippen molar-refractivity contribution in [3.05, 3.63) is 36.5 Å². The highest BCUT2D eigenvalue weighted by Crippen LogP contribution is 2.23. The minimum atomic E-state index is 0.0347. The number of nitrogens with two attached hydrogens (primary N) is 3. The van der Waals surface area contributed by atoms with E-state index in [4.69, 9.17) is 36.5 Å². The van der Waals surface area contributed by atoms with Crippen LogP contribution < -0.4 is 21.9 Å². The number of aromatic nitrogens is 1. The number of rotatable bonds is 7. The largest absolute Gasteiger partial charge is 0.504 e. The van der Waals surface area contributed by atoms with Crippen LogP contribution in [0.15, 0.2) is 36.5 Å². The van der Waals surface area contributed by atoms with Crippen molar-refractivity contribution >= 4 is 17.2 Å². The van der Waals surface area contributed by atoms with Crippen molar-refractivity contribution in [3.63, 3.8) is 0 Å². The lowest BCUT2D eigenvalue weighted by Gasteiger charge is -2.09. The first-order valence-corrected chi connectivity index (χ1v) is 7.28. The minimum Gasteiger partial charge on any atom is -0.504 e. The first-order valence-electron chi connectivity index (χ1n) is 7.28. The molecule has 7 N–H and O–H groups in total. The third-order valence-corrected chi connectivity index (χ3v) is 2.77. The zero-order chi connectivity index (χ0) is 17.8. The van der Waals surface area contributed by atoms with Gasteiger partial charge in [-0.25, -0.2) is 4.98 Å². The van der Waals surface area contributed by atoms with Gasteiger partial charge in [0.2, 0.25) is 0 Å². The summed E-state index contributed by atoms with van der Waals surface area (Å²) >= 11 is 0. The van der Waals surface area contributed by atoms with Gasteiger partial charge in [0.1, 0.15) is 12.4 Å². The number of hydrogen-bond acceptors (Lipinski definition) is 8. The van der Waals surface area contributed by atoms with Gasteiger partial charge in [-0.05, 0) is 24.3 Å². The van der Waals surface area contributed by atoms with Crippen LogP contribution in [0.4, 0.5) is 17.2 Å². The van der Waals surface area contributed by atoms with E-state index in [1.807, 2.05) is 0 Å². The van der Waals surface area contributed by atoms with E-state index in [9.17, 15) is 0 Å². The molecule has 0 fully saturated rings. The van der Waals surface area contributed by atoms with Gasteiger partial charge in [-0.1, -0.05) is 0 Å². The molecular formula is C16H24N4O4. The Morgan fingerprint density at radius 1 is 1.04 bits per heavy atom. The summed E-state index contributed by atoms with van der Waals surface area (Å²) in [5.41, 5.74) is 17.7. The maximum absolute atomic E-state index is 8.73. The number of nitrogens with zero attached hydrogens (tertiary/aromatic N) is 1. The van der Waals surface area contributed by atoms with Gasteiger partial charge in [0.25, 0.3) is 0 Å². The van der Waals surface area contributed by atoms with Crippen LogP contribution in [-0.4, -0.2) is 43.6 Å². The predicted molar refractivity (Wildman–Crippen MR) is 93.8 cm³/mol. The third-order valence-electron chi connectivity index (χ3n) is 2.77. The number of methoxy groups -OCH3 is 1. The molecular weight excluding hydrogens is 312 g/mol. The summed E-state index contributed by atoms with van der Waals surface area (Å²) in [6.07, 6.45) is 1.52. The molecule has 0 aliphatic carbocycles. The Kier molecular flexibility index (Phi) is 8.80. The van der Waals surface area contributed by atoms with Crippen LogP contribution in [0, 0.1) is 0 Å². The molecule has 24 heavy (non-hydrogen) atoms. The van der Waals surface area contributed by atoms with Crippen LogP contribution in [0.5, 0.6) is 11.5 Å². The molecule has 0 atom stereocenters. The van der Waals surface area contributed by atoms with Gasteiger partial charge in [-0.2, -0.15) is 0 Å². The average molecular weight is 336 g/mol. The van der Waals surface area contributed by atoms with Gasteiger partial charge in [0.05, 0.1) is 25.5 Å². The summed E-state index contributed by atoms with van der Waals surface area (Å²) in [6.45, 7) is 2.08. The van der Waals surface area contributed by atoms with Crippen LogP contribution >= 0.6 is 0 Å². The Balaban J connectivity index is 0.000000300. The number of anilines is 3. The Bertz CT molecular complexity index is 589.